The van der Waals surface area contributed by atoms with Crippen LogP contribution in [0.4, 0.5) is 0 Å². The number of carbonyl (C=O) groups excluding carboxylic acids is 1. The molecule has 0 saturated carbocycles. The molecule has 0 aliphatic rings. The predicted octanol–water partition coefficient (Wildman–Crippen LogP) is 4.55. The molecule has 0 fully saturated rings. The Morgan fingerprint density at radius 3 is 2.76 bits per heavy atom. The van der Waals surface area contributed by atoms with E-state index in [-0.39, 0.29) is 5.91 Å². The van der Waals surface area contributed by atoms with Crippen LogP contribution in [0.5, 0.6) is 0 Å². The second-order valence-electron chi connectivity index (χ2n) is 5.35. The first-order valence-electron chi connectivity index (χ1n) is 6.99. The third kappa shape index (κ3) is 4.05. The van der Waals surface area contributed by atoms with Crippen molar-refractivity contribution in [3.8, 4) is 10.6 Å². The Morgan fingerprint density at radius 1 is 1.38 bits per heavy atom. The molecule has 0 atom stereocenters. The lowest BCUT2D eigenvalue weighted by Crippen LogP contribution is -2.25. The lowest BCUT2D eigenvalue weighted by Gasteiger charge is -2.05. The minimum atomic E-state index is -0.0519. The van der Waals surface area contributed by atoms with E-state index in [1.54, 1.807) is 0 Å². The average molecular weight is 323 g/mol. The number of benzene rings is 1. The highest BCUT2D eigenvalue weighted by Crippen LogP contribution is 2.32. The van der Waals surface area contributed by atoms with E-state index in [1.165, 1.54) is 11.3 Å². The number of hydrogen-bond acceptors (Lipinski definition) is 3. The van der Waals surface area contributed by atoms with Gasteiger partial charge in [-0.2, -0.15) is 0 Å². The largest absolute Gasteiger partial charge is 0.351 e. The van der Waals surface area contributed by atoms with E-state index in [2.05, 4.69) is 24.1 Å². The van der Waals surface area contributed by atoms with Crippen LogP contribution in [0.1, 0.15) is 35.6 Å². The zero-order chi connectivity index (χ0) is 15.4. The van der Waals surface area contributed by atoms with Gasteiger partial charge in [0.25, 0.3) is 5.91 Å². The highest BCUT2D eigenvalue weighted by molar-refractivity contribution is 7.17. The molecule has 21 heavy (non-hydrogen) atoms. The lowest BCUT2D eigenvalue weighted by atomic mass is 10.1. The monoisotopic (exact) mass is 322 g/mol. The Balaban J connectivity index is 2.16. The van der Waals surface area contributed by atoms with Crippen molar-refractivity contribution in [2.45, 2.75) is 27.2 Å². The number of aryl methyl sites for hydroxylation is 1. The van der Waals surface area contributed by atoms with E-state index in [0.29, 0.717) is 22.4 Å². The number of nitrogens with one attached hydrogen (secondary N) is 1. The standard InChI is InChI=1S/C16H19ClN2OS/c1-10(2)8-9-18-15(20)14-11(3)19-16(21-14)12-6-4-5-7-13(12)17/h4-7,10H,8-9H2,1-3H3,(H,18,20). The van der Waals surface area contributed by atoms with Crippen LogP contribution < -0.4 is 5.32 Å². The van der Waals surface area contributed by atoms with Gasteiger partial charge in [0.2, 0.25) is 0 Å². The maximum absolute atomic E-state index is 12.2. The summed E-state index contributed by atoms with van der Waals surface area (Å²) in [6.07, 6.45) is 0.973. The van der Waals surface area contributed by atoms with Crippen molar-refractivity contribution >= 4 is 28.8 Å². The normalized spacial score (nSPS) is 10.9. The second kappa shape index (κ2) is 7.05. The Labute approximate surface area is 134 Å². The summed E-state index contributed by atoms with van der Waals surface area (Å²) in [4.78, 5) is 17.3. The Kier molecular flexibility index (Phi) is 5.37. The molecule has 1 aromatic carbocycles. The maximum atomic E-state index is 12.2. The first-order valence-corrected chi connectivity index (χ1v) is 8.19. The number of halogens is 1. The summed E-state index contributed by atoms with van der Waals surface area (Å²) in [5.41, 5.74) is 1.62. The number of hydrogen-bond donors (Lipinski definition) is 1. The van der Waals surface area contributed by atoms with Gasteiger partial charge in [0.15, 0.2) is 0 Å². The molecule has 0 spiro atoms. The van der Waals surface area contributed by atoms with Crippen molar-refractivity contribution in [1.82, 2.24) is 10.3 Å². The molecule has 0 bridgehead atoms. The zero-order valence-electron chi connectivity index (χ0n) is 12.4. The summed E-state index contributed by atoms with van der Waals surface area (Å²) >= 11 is 7.57. The molecule has 1 heterocycles. The van der Waals surface area contributed by atoms with Crippen molar-refractivity contribution in [1.29, 1.82) is 0 Å². The molecule has 1 aromatic heterocycles. The number of amides is 1. The van der Waals surface area contributed by atoms with Gasteiger partial charge in [-0.1, -0.05) is 43.6 Å². The smallest absolute Gasteiger partial charge is 0.263 e. The van der Waals surface area contributed by atoms with Gasteiger partial charge in [-0.25, -0.2) is 4.98 Å². The Hall–Kier alpha value is -1.39. The fraction of sp³-hybridized carbons (Fsp3) is 0.375. The molecule has 2 aromatic rings. The van der Waals surface area contributed by atoms with Crippen LogP contribution in [0.25, 0.3) is 10.6 Å². The predicted molar refractivity (Wildman–Crippen MR) is 89.1 cm³/mol. The number of carbonyl (C=O) groups is 1. The minimum Gasteiger partial charge on any atom is -0.351 e. The van der Waals surface area contributed by atoms with Gasteiger partial charge in [0.1, 0.15) is 9.88 Å². The number of aromatic nitrogens is 1. The summed E-state index contributed by atoms with van der Waals surface area (Å²) < 4.78 is 0. The highest BCUT2D eigenvalue weighted by Gasteiger charge is 2.17. The number of rotatable bonds is 5. The van der Waals surface area contributed by atoms with Gasteiger partial charge in [-0.15, -0.1) is 11.3 Å². The number of nitrogens with zero attached hydrogens (tertiary/aromatic N) is 1. The summed E-state index contributed by atoms with van der Waals surface area (Å²) in [7, 11) is 0. The summed E-state index contributed by atoms with van der Waals surface area (Å²) in [5.74, 6) is 0.524. The van der Waals surface area contributed by atoms with E-state index in [4.69, 9.17) is 11.6 Å². The van der Waals surface area contributed by atoms with E-state index in [0.717, 1.165) is 22.7 Å². The van der Waals surface area contributed by atoms with Crippen molar-refractivity contribution in [3.63, 3.8) is 0 Å². The summed E-state index contributed by atoms with van der Waals surface area (Å²) in [6.45, 7) is 6.82. The van der Waals surface area contributed by atoms with Gasteiger partial charge in [-0.3, -0.25) is 4.79 Å². The molecular weight excluding hydrogens is 304 g/mol. The van der Waals surface area contributed by atoms with E-state index in [1.807, 2.05) is 31.2 Å². The Morgan fingerprint density at radius 2 is 2.10 bits per heavy atom. The molecule has 5 heteroatoms. The molecule has 3 nitrogen and oxygen atoms in total. The molecule has 0 aliphatic heterocycles. The van der Waals surface area contributed by atoms with Crippen LogP contribution in [0.15, 0.2) is 24.3 Å². The van der Waals surface area contributed by atoms with Crippen LogP contribution in [0.3, 0.4) is 0 Å². The van der Waals surface area contributed by atoms with Crippen molar-refractivity contribution in [2.24, 2.45) is 5.92 Å². The molecule has 0 aliphatic carbocycles. The quantitative estimate of drug-likeness (QED) is 0.877. The van der Waals surface area contributed by atoms with Crippen LogP contribution in [-0.2, 0) is 0 Å². The van der Waals surface area contributed by atoms with Crippen molar-refractivity contribution in [2.75, 3.05) is 6.54 Å². The molecule has 0 radical (unpaired) electrons. The number of thiazole rings is 1. The summed E-state index contributed by atoms with van der Waals surface area (Å²) in [6, 6.07) is 7.54. The molecule has 0 unspecified atom stereocenters. The first kappa shape index (κ1) is 16.0. The lowest BCUT2D eigenvalue weighted by molar-refractivity contribution is 0.0955. The van der Waals surface area contributed by atoms with E-state index < -0.39 is 0 Å². The van der Waals surface area contributed by atoms with Gasteiger partial charge >= 0.3 is 0 Å². The van der Waals surface area contributed by atoms with Gasteiger partial charge in [-0.05, 0) is 25.3 Å². The molecule has 112 valence electrons. The zero-order valence-corrected chi connectivity index (χ0v) is 14.0. The average Bonchev–Trinajstić information content (AvgIpc) is 2.80. The van der Waals surface area contributed by atoms with Gasteiger partial charge in [0.05, 0.1) is 10.7 Å². The third-order valence-corrected chi connectivity index (χ3v) is 4.63. The van der Waals surface area contributed by atoms with Crippen LogP contribution in [-0.4, -0.2) is 17.4 Å². The van der Waals surface area contributed by atoms with Gasteiger partial charge in [0, 0.05) is 12.1 Å². The highest BCUT2D eigenvalue weighted by atomic mass is 35.5. The first-order chi connectivity index (χ1) is 9.99. The van der Waals surface area contributed by atoms with Crippen LogP contribution in [0, 0.1) is 12.8 Å². The molecule has 2 rings (SSSR count). The molecular formula is C16H19ClN2OS. The van der Waals surface area contributed by atoms with Crippen LogP contribution >= 0.6 is 22.9 Å². The van der Waals surface area contributed by atoms with E-state index in [9.17, 15) is 4.79 Å². The van der Waals surface area contributed by atoms with E-state index >= 15 is 0 Å². The second-order valence-corrected chi connectivity index (χ2v) is 6.76. The fourth-order valence-corrected chi connectivity index (χ4v) is 3.21. The third-order valence-electron chi connectivity index (χ3n) is 3.11. The van der Waals surface area contributed by atoms with Crippen LogP contribution in [0.2, 0.25) is 5.02 Å². The summed E-state index contributed by atoms with van der Waals surface area (Å²) in [5, 5.41) is 4.38. The molecule has 1 N–H and O–H groups in total. The van der Waals surface area contributed by atoms with Crippen molar-refractivity contribution in [3.05, 3.63) is 39.9 Å². The van der Waals surface area contributed by atoms with Gasteiger partial charge < -0.3 is 5.32 Å². The molecule has 0 saturated heterocycles. The topological polar surface area (TPSA) is 42.0 Å². The maximum Gasteiger partial charge on any atom is 0.263 e. The Bertz CT molecular complexity index is 637. The fourth-order valence-electron chi connectivity index (χ4n) is 1.91. The van der Waals surface area contributed by atoms with Crippen molar-refractivity contribution < 1.29 is 4.79 Å². The molecule has 1 amide bonds. The SMILES string of the molecule is Cc1nc(-c2ccccc2Cl)sc1C(=O)NCCC(C)C. The minimum absolute atomic E-state index is 0.0519.